The van der Waals surface area contributed by atoms with Crippen LogP contribution in [0, 0.1) is 11.8 Å². The Morgan fingerprint density at radius 1 is 1.30 bits per heavy atom. The molecule has 1 aromatic rings. The molecule has 0 saturated heterocycles. The number of nitrogens with two attached hydrogens (primary N) is 1. The third-order valence-corrected chi connectivity index (χ3v) is 4.17. The number of amides is 1. The zero-order chi connectivity index (χ0) is 15.9. The molecule has 1 saturated carbocycles. The van der Waals surface area contributed by atoms with Gasteiger partial charge in [-0.05, 0) is 55.9 Å². The van der Waals surface area contributed by atoms with Gasteiger partial charge in [0.25, 0.3) is 0 Å². The number of rotatable bonds is 6. The Morgan fingerprint density at radius 2 is 2.00 bits per heavy atom. The largest absolute Gasteiger partial charge is 0.494 e. The minimum atomic E-state index is 0. The summed E-state index contributed by atoms with van der Waals surface area (Å²) in [5.41, 5.74) is 6.77. The molecule has 23 heavy (non-hydrogen) atoms. The Balaban J connectivity index is 0.00000264. The maximum absolute atomic E-state index is 12.2. The number of hydrogen-bond acceptors (Lipinski definition) is 3. The molecule has 4 nitrogen and oxygen atoms in total. The van der Waals surface area contributed by atoms with Crippen LogP contribution in [0.15, 0.2) is 24.3 Å². The average Bonchev–Trinajstić information content (AvgIpc) is 2.48. The molecular weight excluding hydrogens is 312 g/mol. The number of anilines is 1. The number of ether oxygens (including phenoxy) is 1. The highest BCUT2D eigenvalue weighted by atomic mass is 35.5. The minimum Gasteiger partial charge on any atom is -0.494 e. The van der Waals surface area contributed by atoms with E-state index >= 15 is 0 Å². The van der Waals surface area contributed by atoms with Crippen LogP contribution in [0.4, 0.5) is 5.69 Å². The zero-order valence-electron chi connectivity index (χ0n) is 14.1. The highest BCUT2D eigenvalue weighted by Crippen LogP contribution is 2.25. The summed E-state index contributed by atoms with van der Waals surface area (Å²) >= 11 is 0. The summed E-state index contributed by atoms with van der Waals surface area (Å²) < 4.78 is 5.68. The molecule has 1 aromatic carbocycles. The van der Waals surface area contributed by atoms with Crippen LogP contribution in [0.3, 0.4) is 0 Å². The van der Waals surface area contributed by atoms with E-state index in [2.05, 4.69) is 19.2 Å². The van der Waals surface area contributed by atoms with Crippen LogP contribution in [0.1, 0.15) is 46.0 Å². The lowest BCUT2D eigenvalue weighted by Gasteiger charge is -2.25. The third kappa shape index (κ3) is 6.80. The number of hydrogen-bond donors (Lipinski definition) is 2. The van der Waals surface area contributed by atoms with E-state index in [-0.39, 0.29) is 30.3 Å². The van der Waals surface area contributed by atoms with Crippen molar-refractivity contribution in [1.82, 2.24) is 0 Å². The quantitative estimate of drug-likeness (QED) is 0.823. The lowest BCUT2D eigenvalue weighted by atomic mass is 9.85. The maximum atomic E-state index is 12.2. The molecule has 3 N–H and O–H groups in total. The summed E-state index contributed by atoms with van der Waals surface area (Å²) in [6.45, 7) is 5.08. The van der Waals surface area contributed by atoms with Crippen molar-refractivity contribution in [2.75, 3.05) is 11.9 Å². The van der Waals surface area contributed by atoms with E-state index in [1.165, 1.54) is 0 Å². The lowest BCUT2D eigenvalue weighted by Crippen LogP contribution is -2.34. The topological polar surface area (TPSA) is 64.3 Å². The first-order valence-corrected chi connectivity index (χ1v) is 8.34. The van der Waals surface area contributed by atoms with E-state index in [1.54, 1.807) is 0 Å². The molecule has 2 unspecified atom stereocenters. The van der Waals surface area contributed by atoms with Gasteiger partial charge in [-0.1, -0.05) is 20.3 Å². The molecule has 1 aliphatic rings. The van der Waals surface area contributed by atoms with Crippen molar-refractivity contribution in [2.45, 2.75) is 52.0 Å². The molecule has 1 aliphatic carbocycles. The first-order valence-electron chi connectivity index (χ1n) is 8.34. The molecule has 0 radical (unpaired) electrons. The molecule has 0 bridgehead atoms. The van der Waals surface area contributed by atoms with Gasteiger partial charge in [0, 0.05) is 17.6 Å². The molecule has 2 rings (SSSR count). The van der Waals surface area contributed by atoms with Gasteiger partial charge in [0.2, 0.25) is 5.91 Å². The average molecular weight is 341 g/mol. The fourth-order valence-corrected chi connectivity index (χ4v) is 2.76. The summed E-state index contributed by atoms with van der Waals surface area (Å²) in [5.74, 6) is 1.62. The summed E-state index contributed by atoms with van der Waals surface area (Å²) in [4.78, 5) is 12.2. The lowest BCUT2D eigenvalue weighted by molar-refractivity contribution is -0.120. The van der Waals surface area contributed by atoms with Crippen molar-refractivity contribution in [1.29, 1.82) is 0 Å². The highest BCUT2D eigenvalue weighted by molar-refractivity contribution is 5.92. The Morgan fingerprint density at radius 3 is 2.61 bits per heavy atom. The van der Waals surface area contributed by atoms with E-state index in [0.29, 0.717) is 5.92 Å². The van der Waals surface area contributed by atoms with Crippen LogP contribution in [0.25, 0.3) is 0 Å². The fraction of sp³-hybridized carbons (Fsp3) is 0.611. The Hall–Kier alpha value is -1.26. The molecule has 0 spiro atoms. The molecule has 0 aromatic heterocycles. The number of halogens is 1. The SMILES string of the molecule is CC(C)CCOc1ccc(NC(=O)C2CCCC(N)C2)cc1.Cl. The first-order chi connectivity index (χ1) is 10.5. The molecule has 0 aliphatic heterocycles. The van der Waals surface area contributed by atoms with E-state index in [0.717, 1.165) is 50.1 Å². The van der Waals surface area contributed by atoms with Crippen LogP contribution in [0.2, 0.25) is 0 Å². The van der Waals surface area contributed by atoms with E-state index in [1.807, 2.05) is 24.3 Å². The molecule has 5 heteroatoms. The molecule has 1 amide bonds. The first kappa shape index (κ1) is 19.8. The number of carbonyl (C=O) groups excluding carboxylic acids is 1. The summed E-state index contributed by atoms with van der Waals surface area (Å²) in [5, 5.41) is 2.98. The normalized spacial score (nSPS) is 20.7. The molecule has 1 fully saturated rings. The van der Waals surface area contributed by atoms with Gasteiger partial charge < -0.3 is 15.8 Å². The summed E-state index contributed by atoms with van der Waals surface area (Å²) in [7, 11) is 0. The van der Waals surface area contributed by atoms with Crippen molar-refractivity contribution in [3.05, 3.63) is 24.3 Å². The second kappa shape index (κ2) is 9.78. The minimum absolute atomic E-state index is 0. The van der Waals surface area contributed by atoms with Crippen LogP contribution in [-0.4, -0.2) is 18.6 Å². The van der Waals surface area contributed by atoms with Crippen molar-refractivity contribution >= 4 is 24.0 Å². The molecule has 2 atom stereocenters. The van der Waals surface area contributed by atoms with E-state index < -0.39 is 0 Å². The highest BCUT2D eigenvalue weighted by Gasteiger charge is 2.25. The number of benzene rings is 1. The van der Waals surface area contributed by atoms with Gasteiger partial charge in [-0.25, -0.2) is 0 Å². The predicted molar refractivity (Wildman–Crippen MR) is 97.2 cm³/mol. The van der Waals surface area contributed by atoms with Gasteiger partial charge in [-0.2, -0.15) is 0 Å². The summed E-state index contributed by atoms with van der Waals surface area (Å²) in [6.07, 6.45) is 4.85. The zero-order valence-corrected chi connectivity index (χ0v) is 14.9. The van der Waals surface area contributed by atoms with Gasteiger partial charge in [-0.3, -0.25) is 4.79 Å². The Labute approximate surface area is 145 Å². The molecule has 130 valence electrons. The second-order valence-corrected chi connectivity index (χ2v) is 6.67. The van der Waals surface area contributed by atoms with Gasteiger partial charge in [0.15, 0.2) is 0 Å². The maximum Gasteiger partial charge on any atom is 0.227 e. The number of nitrogens with one attached hydrogen (secondary N) is 1. The van der Waals surface area contributed by atoms with Gasteiger partial charge >= 0.3 is 0 Å². The summed E-state index contributed by atoms with van der Waals surface area (Å²) in [6, 6.07) is 7.77. The monoisotopic (exact) mass is 340 g/mol. The second-order valence-electron chi connectivity index (χ2n) is 6.67. The van der Waals surface area contributed by atoms with Gasteiger partial charge in [0.05, 0.1) is 6.61 Å². The van der Waals surface area contributed by atoms with E-state index in [9.17, 15) is 4.79 Å². The Bertz CT molecular complexity index is 476. The smallest absolute Gasteiger partial charge is 0.227 e. The van der Waals surface area contributed by atoms with Crippen molar-refractivity contribution < 1.29 is 9.53 Å². The standard InChI is InChI=1S/C18H28N2O2.ClH/c1-13(2)10-11-22-17-8-6-16(7-9-17)20-18(21)14-4-3-5-15(19)12-14;/h6-9,13-15H,3-5,10-12,19H2,1-2H3,(H,20,21);1H. The van der Waals surface area contributed by atoms with E-state index in [4.69, 9.17) is 10.5 Å². The predicted octanol–water partition coefficient (Wildman–Crippen LogP) is 3.99. The van der Waals surface area contributed by atoms with Crippen LogP contribution >= 0.6 is 12.4 Å². The van der Waals surface area contributed by atoms with Crippen molar-refractivity contribution in [2.24, 2.45) is 17.6 Å². The van der Waals surface area contributed by atoms with Crippen molar-refractivity contribution in [3.63, 3.8) is 0 Å². The van der Waals surface area contributed by atoms with Crippen LogP contribution in [0.5, 0.6) is 5.75 Å². The Kier molecular flexibility index (Phi) is 8.42. The third-order valence-electron chi connectivity index (χ3n) is 4.17. The van der Waals surface area contributed by atoms with Gasteiger partial charge in [0.1, 0.15) is 5.75 Å². The fourth-order valence-electron chi connectivity index (χ4n) is 2.76. The van der Waals surface area contributed by atoms with Gasteiger partial charge in [-0.15, -0.1) is 12.4 Å². The van der Waals surface area contributed by atoms with Crippen LogP contribution < -0.4 is 15.8 Å². The molecular formula is C18H29ClN2O2. The van der Waals surface area contributed by atoms with Crippen molar-refractivity contribution in [3.8, 4) is 5.75 Å². The number of carbonyl (C=O) groups is 1. The molecule has 0 heterocycles. The van der Waals surface area contributed by atoms with Crippen LogP contribution in [-0.2, 0) is 4.79 Å².